The minimum absolute atomic E-state index is 0.277. The number of hydrogen-bond donors (Lipinski definition) is 2. The van der Waals surface area contributed by atoms with E-state index in [0.717, 1.165) is 23.2 Å². The van der Waals surface area contributed by atoms with Gasteiger partial charge in [-0.15, -0.1) is 0 Å². The zero-order valence-corrected chi connectivity index (χ0v) is 16.6. The number of benzene rings is 2. The van der Waals surface area contributed by atoms with E-state index in [-0.39, 0.29) is 12.6 Å². The molecule has 1 heterocycles. The summed E-state index contributed by atoms with van der Waals surface area (Å²) in [6, 6.07) is 18.5. The molecule has 0 saturated heterocycles. The molecule has 2 aromatic carbocycles. The van der Waals surface area contributed by atoms with Crippen molar-refractivity contribution in [2.75, 3.05) is 11.9 Å². The molecular weight excluding hydrogens is 366 g/mol. The molecule has 0 fully saturated rings. The summed E-state index contributed by atoms with van der Waals surface area (Å²) >= 11 is 0. The highest BCUT2D eigenvalue weighted by Crippen LogP contribution is 2.31. The van der Waals surface area contributed by atoms with Crippen molar-refractivity contribution in [3.05, 3.63) is 78.0 Å². The summed E-state index contributed by atoms with van der Waals surface area (Å²) < 4.78 is 11.7. The topological polar surface area (TPSA) is 72.5 Å². The molecule has 3 aromatic rings. The van der Waals surface area contributed by atoms with Gasteiger partial charge in [0.05, 0.1) is 6.61 Å². The average Bonchev–Trinajstić information content (AvgIpc) is 2.72. The van der Waals surface area contributed by atoms with Crippen molar-refractivity contribution in [3.63, 3.8) is 0 Å². The van der Waals surface area contributed by atoms with Gasteiger partial charge in [0.25, 0.3) is 0 Å². The van der Waals surface area contributed by atoms with Crippen LogP contribution in [0.5, 0.6) is 17.4 Å². The number of aromatic nitrogens is 1. The quantitative estimate of drug-likeness (QED) is 0.547. The molecule has 1 aromatic heterocycles. The Hall–Kier alpha value is -3.54. The summed E-state index contributed by atoms with van der Waals surface area (Å²) in [7, 11) is 0. The lowest BCUT2D eigenvalue weighted by atomic mass is 10.2. The summed E-state index contributed by atoms with van der Waals surface area (Å²) in [5.41, 5.74) is 2.58. The maximum absolute atomic E-state index is 12.2. The second kappa shape index (κ2) is 10.1. The van der Waals surface area contributed by atoms with Crippen LogP contribution in [0.2, 0.25) is 0 Å². The number of pyridine rings is 1. The number of rotatable bonds is 8. The number of ether oxygens (including phenoxy) is 2. The molecule has 0 bridgehead atoms. The Bertz CT molecular complexity index is 959. The third-order valence-corrected chi connectivity index (χ3v) is 4.08. The molecule has 2 N–H and O–H groups in total. The Morgan fingerprint density at radius 1 is 1.03 bits per heavy atom. The zero-order valence-electron chi connectivity index (χ0n) is 16.6. The van der Waals surface area contributed by atoms with Crippen LogP contribution in [0, 0.1) is 6.92 Å². The second-order valence-corrected chi connectivity index (χ2v) is 6.54. The molecule has 29 heavy (non-hydrogen) atoms. The lowest BCUT2D eigenvalue weighted by Gasteiger charge is -2.14. The molecule has 2 amide bonds. The molecule has 0 spiro atoms. The monoisotopic (exact) mass is 391 g/mol. The number of carbonyl (C=O) groups is 1. The molecule has 0 unspecified atom stereocenters. The van der Waals surface area contributed by atoms with Gasteiger partial charge in [0.2, 0.25) is 5.88 Å². The predicted molar refractivity (Wildman–Crippen MR) is 114 cm³/mol. The fourth-order valence-electron chi connectivity index (χ4n) is 2.69. The molecule has 6 nitrogen and oxygen atoms in total. The lowest BCUT2D eigenvalue weighted by Crippen LogP contribution is -2.28. The molecule has 0 aliphatic carbocycles. The van der Waals surface area contributed by atoms with Gasteiger partial charge >= 0.3 is 6.03 Å². The SMILES string of the molecule is CCCOc1ccccc1Oc1ncccc1CNC(=O)Nc1cccc(C)c1. The first kappa shape index (κ1) is 20.2. The Labute approximate surface area is 170 Å². The zero-order chi connectivity index (χ0) is 20.5. The average molecular weight is 391 g/mol. The van der Waals surface area contributed by atoms with Crippen LogP contribution in [0.4, 0.5) is 10.5 Å². The van der Waals surface area contributed by atoms with Crippen molar-refractivity contribution < 1.29 is 14.3 Å². The number of nitrogens with zero attached hydrogens (tertiary/aromatic N) is 1. The van der Waals surface area contributed by atoms with E-state index in [1.807, 2.05) is 74.5 Å². The van der Waals surface area contributed by atoms with Crippen LogP contribution >= 0.6 is 0 Å². The molecule has 150 valence electrons. The number of amides is 2. The number of hydrogen-bond acceptors (Lipinski definition) is 4. The number of urea groups is 1. The van der Waals surface area contributed by atoms with Gasteiger partial charge in [0, 0.05) is 24.0 Å². The molecule has 6 heteroatoms. The number of anilines is 1. The standard InChI is InChI=1S/C23H25N3O3/c1-3-14-28-20-11-4-5-12-21(20)29-22-18(9-7-13-24-22)16-25-23(27)26-19-10-6-8-17(2)15-19/h4-13,15H,3,14,16H2,1-2H3,(H2,25,26,27). The maximum Gasteiger partial charge on any atom is 0.319 e. The van der Waals surface area contributed by atoms with E-state index >= 15 is 0 Å². The van der Waals surface area contributed by atoms with Crippen molar-refractivity contribution in [2.24, 2.45) is 0 Å². The largest absolute Gasteiger partial charge is 0.490 e. The first-order valence-electron chi connectivity index (χ1n) is 9.61. The van der Waals surface area contributed by atoms with E-state index in [9.17, 15) is 4.79 Å². The van der Waals surface area contributed by atoms with E-state index in [0.29, 0.717) is 24.0 Å². The van der Waals surface area contributed by atoms with Crippen LogP contribution in [-0.4, -0.2) is 17.6 Å². The third kappa shape index (κ3) is 5.97. The van der Waals surface area contributed by atoms with Crippen LogP contribution in [0.3, 0.4) is 0 Å². The van der Waals surface area contributed by atoms with Crippen LogP contribution in [0.25, 0.3) is 0 Å². The van der Waals surface area contributed by atoms with E-state index in [1.54, 1.807) is 6.20 Å². The van der Waals surface area contributed by atoms with E-state index in [2.05, 4.69) is 15.6 Å². The van der Waals surface area contributed by atoms with Crippen LogP contribution in [0.15, 0.2) is 66.9 Å². The highest BCUT2D eigenvalue weighted by molar-refractivity contribution is 5.89. The summed E-state index contributed by atoms with van der Waals surface area (Å²) in [5, 5.41) is 5.66. The third-order valence-electron chi connectivity index (χ3n) is 4.08. The first-order valence-corrected chi connectivity index (χ1v) is 9.61. The highest BCUT2D eigenvalue weighted by Gasteiger charge is 2.11. The first-order chi connectivity index (χ1) is 14.2. The van der Waals surface area contributed by atoms with Gasteiger partial charge in [0.1, 0.15) is 0 Å². The van der Waals surface area contributed by atoms with Crippen molar-refractivity contribution in [2.45, 2.75) is 26.8 Å². The molecule has 0 aliphatic rings. The summed E-state index contributed by atoms with van der Waals surface area (Å²) in [5.74, 6) is 1.68. The van der Waals surface area contributed by atoms with E-state index in [1.165, 1.54) is 0 Å². The van der Waals surface area contributed by atoms with Crippen LogP contribution in [0.1, 0.15) is 24.5 Å². The minimum atomic E-state index is -0.294. The Morgan fingerprint density at radius 3 is 2.66 bits per heavy atom. The van der Waals surface area contributed by atoms with Gasteiger partial charge in [-0.1, -0.05) is 37.3 Å². The highest BCUT2D eigenvalue weighted by atomic mass is 16.5. The Morgan fingerprint density at radius 2 is 1.86 bits per heavy atom. The molecular formula is C23H25N3O3. The van der Waals surface area contributed by atoms with Gasteiger partial charge in [-0.3, -0.25) is 0 Å². The van der Waals surface area contributed by atoms with Gasteiger partial charge in [-0.05, 0) is 49.2 Å². The lowest BCUT2D eigenvalue weighted by molar-refractivity contribution is 0.251. The van der Waals surface area contributed by atoms with Crippen molar-refractivity contribution >= 4 is 11.7 Å². The molecule has 0 radical (unpaired) electrons. The summed E-state index contributed by atoms with van der Waals surface area (Å²) in [4.78, 5) is 16.6. The second-order valence-electron chi connectivity index (χ2n) is 6.54. The van der Waals surface area contributed by atoms with Crippen molar-refractivity contribution in [1.29, 1.82) is 0 Å². The van der Waals surface area contributed by atoms with Gasteiger partial charge in [-0.25, -0.2) is 9.78 Å². The number of para-hydroxylation sites is 2. The molecule has 3 rings (SSSR count). The van der Waals surface area contributed by atoms with Crippen molar-refractivity contribution in [3.8, 4) is 17.4 Å². The van der Waals surface area contributed by atoms with Crippen LogP contribution in [-0.2, 0) is 6.54 Å². The van der Waals surface area contributed by atoms with Crippen LogP contribution < -0.4 is 20.1 Å². The van der Waals surface area contributed by atoms with E-state index in [4.69, 9.17) is 9.47 Å². The smallest absolute Gasteiger partial charge is 0.319 e. The molecule has 0 aliphatic heterocycles. The Balaban J connectivity index is 1.66. The number of carbonyl (C=O) groups excluding carboxylic acids is 1. The van der Waals surface area contributed by atoms with Crippen molar-refractivity contribution in [1.82, 2.24) is 10.3 Å². The number of aryl methyl sites for hydroxylation is 1. The van der Waals surface area contributed by atoms with Gasteiger partial charge < -0.3 is 20.1 Å². The number of nitrogens with one attached hydrogen (secondary N) is 2. The summed E-state index contributed by atoms with van der Waals surface area (Å²) in [6.45, 7) is 4.91. The van der Waals surface area contributed by atoms with Gasteiger partial charge in [-0.2, -0.15) is 0 Å². The Kier molecular flexibility index (Phi) is 7.05. The maximum atomic E-state index is 12.2. The van der Waals surface area contributed by atoms with Gasteiger partial charge in [0.15, 0.2) is 11.5 Å². The fraction of sp³-hybridized carbons (Fsp3) is 0.217. The normalized spacial score (nSPS) is 10.3. The molecule has 0 atom stereocenters. The molecule has 0 saturated carbocycles. The minimum Gasteiger partial charge on any atom is -0.490 e. The van der Waals surface area contributed by atoms with E-state index < -0.39 is 0 Å². The summed E-state index contributed by atoms with van der Waals surface area (Å²) in [6.07, 6.45) is 2.56. The fourth-order valence-corrected chi connectivity index (χ4v) is 2.69. The predicted octanol–water partition coefficient (Wildman–Crippen LogP) is 5.29.